The fraction of sp³-hybridized carbons (Fsp3) is 0.667. The van der Waals surface area contributed by atoms with Crippen LogP contribution in [0.15, 0.2) is 4.40 Å². The topological polar surface area (TPSA) is 95.9 Å². The highest BCUT2D eigenvalue weighted by atomic mass is 35.5. The van der Waals surface area contributed by atoms with Crippen LogP contribution in [0.25, 0.3) is 0 Å². The van der Waals surface area contributed by atoms with Crippen LogP contribution in [0.4, 0.5) is 4.79 Å². The smallest absolute Gasteiger partial charge is 0.416 e. The van der Waals surface area contributed by atoms with Crippen molar-refractivity contribution in [2.24, 2.45) is 4.40 Å². The quantitative estimate of drug-likeness (QED) is 0.216. The number of nitrogens with one attached hydrogen (secondary N) is 1. The van der Waals surface area contributed by atoms with E-state index in [4.69, 9.17) is 21.1 Å². The maximum Gasteiger partial charge on any atom is 0.416 e. The molecule has 1 atom stereocenters. The Morgan fingerprint density at radius 1 is 1.46 bits per heavy atom. The van der Waals surface area contributed by atoms with E-state index in [9.17, 15) is 9.35 Å². The fourth-order valence-corrected chi connectivity index (χ4v) is 3.52. The van der Waals surface area contributed by atoms with Gasteiger partial charge in [-0.15, -0.1) is 0 Å². The molecule has 11 heteroatoms. The van der Waals surface area contributed by atoms with E-state index >= 15 is 0 Å². The second-order valence-electron chi connectivity index (χ2n) is 7.66. The summed E-state index contributed by atoms with van der Waals surface area (Å²) in [6, 6.07) is 1.02. The van der Waals surface area contributed by atoms with Gasteiger partial charge >= 0.3 is 6.09 Å². The summed E-state index contributed by atoms with van der Waals surface area (Å²) in [5.41, 5.74) is 0.309. The van der Waals surface area contributed by atoms with Gasteiger partial charge in [0, 0.05) is 14.7 Å². The third-order valence-electron chi connectivity index (χ3n) is 2.88. The molecule has 1 aromatic heterocycles. The van der Waals surface area contributed by atoms with E-state index in [-0.39, 0.29) is 11.9 Å². The molecule has 148 valence electrons. The zero-order valence-electron chi connectivity index (χ0n) is 15.9. The highest BCUT2D eigenvalue weighted by molar-refractivity contribution is 7.91. The number of thiazole rings is 1. The molecule has 0 aliphatic carbocycles. The number of hydrogen-bond donors (Lipinski definition) is 1. The molecule has 0 radical (unpaired) electrons. The van der Waals surface area contributed by atoms with Crippen LogP contribution in [-0.2, 0) is 16.1 Å². The lowest BCUT2D eigenvalue weighted by Crippen LogP contribution is -2.30. The van der Waals surface area contributed by atoms with Gasteiger partial charge < -0.3 is 14.0 Å². The Hall–Kier alpha value is -0.653. The van der Waals surface area contributed by atoms with Gasteiger partial charge in [-0.3, -0.25) is 5.32 Å². The zero-order chi connectivity index (χ0) is 20.0. The number of rotatable bonds is 8. The molecular formula is C15H26ClN3O4S2Si. The summed E-state index contributed by atoms with van der Waals surface area (Å²) in [6.07, 6.45) is 0.648. The first-order chi connectivity index (χ1) is 11.9. The van der Waals surface area contributed by atoms with Crippen molar-refractivity contribution >= 4 is 54.7 Å². The Labute approximate surface area is 167 Å². The Balaban J connectivity index is 2.46. The Morgan fingerprint density at radius 3 is 2.69 bits per heavy atom. The second-order valence-corrected chi connectivity index (χ2v) is 16.8. The molecule has 7 nitrogen and oxygen atoms in total. The van der Waals surface area contributed by atoms with Crippen LogP contribution >= 0.6 is 22.9 Å². The van der Waals surface area contributed by atoms with Gasteiger partial charge in [0.15, 0.2) is 0 Å². The number of carbonyl (C=O) groups excluding carboxylic acids is 1. The van der Waals surface area contributed by atoms with Crippen LogP contribution in [0.5, 0.6) is 5.19 Å². The summed E-state index contributed by atoms with van der Waals surface area (Å²) in [4.78, 5) is 15.8. The molecule has 1 rings (SSSR count). The Kier molecular flexibility index (Phi) is 9.04. The lowest BCUT2D eigenvalue weighted by atomic mass is 10.3. The summed E-state index contributed by atoms with van der Waals surface area (Å²) in [7, 11) is -1.15. The van der Waals surface area contributed by atoms with Gasteiger partial charge in [0.05, 0.1) is 0 Å². The molecule has 1 heterocycles. The normalized spacial score (nSPS) is 13.8. The first-order valence-corrected chi connectivity index (χ1v) is 14.0. The lowest BCUT2D eigenvalue weighted by molar-refractivity contribution is 0.121. The van der Waals surface area contributed by atoms with Gasteiger partial charge in [-0.1, -0.05) is 47.0 Å². The number of aromatic nitrogens is 1. The van der Waals surface area contributed by atoms with E-state index in [1.807, 2.05) is 20.8 Å². The molecular weight excluding hydrogens is 414 g/mol. The molecule has 0 saturated heterocycles. The monoisotopic (exact) mass is 439 g/mol. The molecule has 0 aromatic carbocycles. The average molecular weight is 440 g/mol. The first-order valence-electron chi connectivity index (χ1n) is 8.04. The molecule has 1 amide bonds. The molecule has 0 saturated carbocycles. The molecule has 0 bridgehead atoms. The first kappa shape index (κ1) is 23.4. The number of carbonyl (C=O) groups is 1. The van der Waals surface area contributed by atoms with Crippen molar-refractivity contribution in [1.29, 1.82) is 0 Å². The van der Waals surface area contributed by atoms with Gasteiger partial charge in [0.1, 0.15) is 39.1 Å². The maximum absolute atomic E-state index is 11.9. The number of ether oxygens (including phenoxy) is 2. The standard InChI is InChI=1S/C15H26ClN3O4S2Si/c1-15(2,3)25(21)18-9-11-12(16)24-14(19-11)23-13(20)17-10-22-7-8-26(4,5)6/h9H,7-8,10H2,1-6H3,(H,17,20)/t25-/m0/s1. The highest BCUT2D eigenvalue weighted by Crippen LogP contribution is 2.29. The molecule has 0 aliphatic heterocycles. The molecule has 26 heavy (non-hydrogen) atoms. The van der Waals surface area contributed by atoms with Crippen LogP contribution in [0.3, 0.4) is 0 Å². The van der Waals surface area contributed by atoms with Gasteiger partial charge in [0.25, 0.3) is 5.19 Å². The van der Waals surface area contributed by atoms with E-state index in [1.165, 1.54) is 6.21 Å². The summed E-state index contributed by atoms with van der Waals surface area (Å²) in [5.74, 6) is 0. The SMILES string of the molecule is CC(C)(C)[S@+]([O-])N=Cc1nc(OC(=O)NCOCC[Si](C)(C)C)sc1Cl. The van der Waals surface area contributed by atoms with Crippen molar-refractivity contribution in [2.45, 2.75) is 51.2 Å². The van der Waals surface area contributed by atoms with E-state index in [0.29, 0.717) is 16.6 Å². The van der Waals surface area contributed by atoms with Crippen molar-refractivity contribution in [3.05, 3.63) is 10.0 Å². The second kappa shape index (κ2) is 10.0. The van der Waals surface area contributed by atoms with E-state index in [1.54, 1.807) is 0 Å². The van der Waals surface area contributed by atoms with Gasteiger partial charge in [-0.05, 0) is 26.8 Å². The summed E-state index contributed by atoms with van der Waals surface area (Å²) in [5, 5.41) is 2.57. The number of halogens is 1. The van der Waals surface area contributed by atoms with Crippen molar-refractivity contribution in [1.82, 2.24) is 10.3 Å². The Bertz CT molecular complexity index is 629. The van der Waals surface area contributed by atoms with E-state index in [0.717, 1.165) is 17.4 Å². The summed E-state index contributed by atoms with van der Waals surface area (Å²) in [6.45, 7) is 12.9. The minimum atomic E-state index is -1.42. The van der Waals surface area contributed by atoms with Crippen molar-refractivity contribution in [3.63, 3.8) is 0 Å². The highest BCUT2D eigenvalue weighted by Gasteiger charge is 2.26. The van der Waals surface area contributed by atoms with Gasteiger partial charge in [0.2, 0.25) is 0 Å². The van der Waals surface area contributed by atoms with E-state index < -0.39 is 30.3 Å². The molecule has 0 aliphatic rings. The molecule has 1 aromatic rings. The predicted molar refractivity (Wildman–Crippen MR) is 111 cm³/mol. The van der Waals surface area contributed by atoms with Crippen LogP contribution in [-0.4, -0.2) is 48.0 Å². The third kappa shape index (κ3) is 9.33. The molecule has 1 N–H and O–H groups in total. The fourth-order valence-electron chi connectivity index (χ4n) is 1.35. The molecule has 0 spiro atoms. The zero-order valence-corrected chi connectivity index (χ0v) is 19.3. The number of nitrogens with zero attached hydrogens (tertiary/aromatic N) is 2. The predicted octanol–water partition coefficient (Wildman–Crippen LogP) is 4.08. The minimum Gasteiger partial charge on any atom is -0.591 e. The number of amides is 1. The largest absolute Gasteiger partial charge is 0.591 e. The molecule has 0 fully saturated rings. The van der Waals surface area contributed by atoms with Gasteiger partial charge in [-0.25, -0.2) is 4.79 Å². The summed E-state index contributed by atoms with van der Waals surface area (Å²) >= 11 is 5.62. The minimum absolute atomic E-state index is 0.0707. The van der Waals surface area contributed by atoms with Crippen LogP contribution < -0.4 is 10.1 Å². The van der Waals surface area contributed by atoms with Crippen LogP contribution in [0.2, 0.25) is 30.0 Å². The van der Waals surface area contributed by atoms with E-state index in [2.05, 4.69) is 34.3 Å². The van der Waals surface area contributed by atoms with Crippen molar-refractivity contribution in [3.8, 4) is 5.19 Å². The molecule has 0 unspecified atom stereocenters. The van der Waals surface area contributed by atoms with Crippen LogP contribution in [0, 0.1) is 0 Å². The van der Waals surface area contributed by atoms with Crippen LogP contribution in [0.1, 0.15) is 26.5 Å². The average Bonchev–Trinajstić information content (AvgIpc) is 2.81. The Morgan fingerprint density at radius 2 is 2.12 bits per heavy atom. The van der Waals surface area contributed by atoms with Gasteiger partial charge in [-0.2, -0.15) is 4.98 Å². The lowest BCUT2D eigenvalue weighted by Gasteiger charge is -2.17. The number of hydrogen-bond acceptors (Lipinski definition) is 7. The summed E-state index contributed by atoms with van der Waals surface area (Å²) < 4.78 is 26.1. The van der Waals surface area contributed by atoms with Crippen molar-refractivity contribution < 1.29 is 18.8 Å². The maximum atomic E-state index is 11.9. The third-order valence-corrected chi connectivity index (χ3v) is 7.09. The van der Waals surface area contributed by atoms with Crippen molar-refractivity contribution in [2.75, 3.05) is 13.3 Å².